The topological polar surface area (TPSA) is 75.6 Å². The lowest BCUT2D eigenvalue weighted by molar-refractivity contribution is -0.136. The van der Waals surface area contributed by atoms with E-state index in [2.05, 4.69) is 60.8 Å². The summed E-state index contributed by atoms with van der Waals surface area (Å²) in [5.74, 6) is -0.958. The first kappa shape index (κ1) is 30.0. The van der Waals surface area contributed by atoms with E-state index in [4.69, 9.17) is 21.4 Å². The average Bonchev–Trinajstić information content (AvgIpc) is 3.00. The van der Waals surface area contributed by atoms with Crippen molar-refractivity contribution in [2.75, 3.05) is 13.2 Å². The number of carboxylic acid groups (broad SMARTS) is 1. The van der Waals surface area contributed by atoms with E-state index >= 15 is 0 Å². The van der Waals surface area contributed by atoms with Crippen molar-refractivity contribution < 1.29 is 19.4 Å². The van der Waals surface area contributed by atoms with Crippen molar-refractivity contribution in [3.63, 3.8) is 0 Å². The van der Waals surface area contributed by atoms with Crippen LogP contribution in [0, 0.1) is 0 Å². The number of nitrogens with one attached hydrogen (secondary N) is 1. The summed E-state index contributed by atoms with van der Waals surface area (Å²) in [5, 5.41) is 12.2. The highest BCUT2D eigenvalue weighted by molar-refractivity contribution is 6.30. The lowest BCUT2D eigenvalue weighted by atomic mass is 9.79. The Morgan fingerprint density at radius 1 is 0.805 bits per heavy atom. The van der Waals surface area contributed by atoms with E-state index in [1.165, 1.54) is 11.1 Å². The Balaban J connectivity index is 1.48. The molecule has 0 aromatic heterocycles. The SMILES string of the molecule is CCCC(c1ccc(C(=O)NCCC(=O)O)cc1)C(COCc1ccc(-c2ccccc2)cc1)c1ccc(Cl)cc1. The maximum absolute atomic E-state index is 12.5. The Morgan fingerprint density at radius 2 is 1.41 bits per heavy atom. The number of carbonyl (C=O) groups excluding carboxylic acids is 1. The fourth-order valence-corrected chi connectivity index (χ4v) is 5.19. The Morgan fingerprint density at radius 3 is 2.05 bits per heavy atom. The third kappa shape index (κ3) is 8.78. The van der Waals surface area contributed by atoms with Crippen molar-refractivity contribution >= 4 is 23.5 Å². The van der Waals surface area contributed by atoms with Gasteiger partial charge in [0.05, 0.1) is 19.6 Å². The highest BCUT2D eigenvalue weighted by Gasteiger charge is 2.25. The molecule has 0 saturated carbocycles. The van der Waals surface area contributed by atoms with Gasteiger partial charge in [0.25, 0.3) is 5.91 Å². The van der Waals surface area contributed by atoms with E-state index in [0.717, 1.165) is 29.5 Å². The van der Waals surface area contributed by atoms with Gasteiger partial charge in [-0.1, -0.05) is 104 Å². The number of carboxylic acids is 1. The quantitative estimate of drug-likeness (QED) is 0.161. The van der Waals surface area contributed by atoms with E-state index in [1.54, 1.807) is 0 Å². The van der Waals surface area contributed by atoms with E-state index in [1.807, 2.05) is 54.6 Å². The van der Waals surface area contributed by atoms with Crippen LogP contribution in [0.15, 0.2) is 103 Å². The summed E-state index contributed by atoms with van der Waals surface area (Å²) in [6.45, 7) is 3.31. The van der Waals surface area contributed by atoms with Crippen molar-refractivity contribution in [2.24, 2.45) is 0 Å². The van der Waals surface area contributed by atoms with Gasteiger partial charge in [-0.3, -0.25) is 9.59 Å². The molecule has 0 saturated heterocycles. The average molecular weight is 570 g/mol. The standard InChI is InChI=1S/C35H36ClNO4/c1-2-6-32(28-13-15-30(16-14-28)35(40)37-22-21-34(38)39)33(29-17-19-31(36)20-18-29)24-41-23-25-9-11-27(12-10-25)26-7-4-3-5-8-26/h3-5,7-20,32-33H,2,6,21-24H2,1H3,(H,37,40)(H,38,39). The molecule has 0 radical (unpaired) electrons. The van der Waals surface area contributed by atoms with Crippen molar-refractivity contribution in [1.29, 1.82) is 0 Å². The second-order valence-corrected chi connectivity index (χ2v) is 10.6. The van der Waals surface area contributed by atoms with Gasteiger partial charge in [-0.2, -0.15) is 0 Å². The number of hydrogen-bond donors (Lipinski definition) is 2. The molecule has 0 fully saturated rings. The molecule has 0 heterocycles. The van der Waals surface area contributed by atoms with Crippen LogP contribution in [0.4, 0.5) is 0 Å². The molecule has 4 rings (SSSR count). The molecule has 4 aromatic carbocycles. The van der Waals surface area contributed by atoms with Crippen molar-refractivity contribution in [3.05, 3.63) is 130 Å². The maximum atomic E-state index is 12.5. The first-order chi connectivity index (χ1) is 19.9. The Kier molecular flexibility index (Phi) is 11.1. The molecule has 2 atom stereocenters. The van der Waals surface area contributed by atoms with E-state index in [-0.39, 0.29) is 30.7 Å². The van der Waals surface area contributed by atoms with Crippen LogP contribution >= 0.6 is 11.6 Å². The van der Waals surface area contributed by atoms with Crippen LogP contribution in [0.3, 0.4) is 0 Å². The van der Waals surface area contributed by atoms with Gasteiger partial charge >= 0.3 is 5.97 Å². The fraction of sp³-hybridized carbons (Fsp3) is 0.257. The number of amides is 1. The number of aliphatic carboxylic acids is 1. The van der Waals surface area contributed by atoms with E-state index in [9.17, 15) is 9.59 Å². The van der Waals surface area contributed by atoms with Crippen LogP contribution < -0.4 is 5.32 Å². The first-order valence-electron chi connectivity index (χ1n) is 14.0. The molecule has 0 aliphatic carbocycles. The monoisotopic (exact) mass is 569 g/mol. The van der Waals surface area contributed by atoms with Gasteiger partial charge in [0.1, 0.15) is 0 Å². The van der Waals surface area contributed by atoms with Crippen LogP contribution in [0.2, 0.25) is 5.02 Å². The van der Waals surface area contributed by atoms with Gasteiger partial charge in [0, 0.05) is 23.0 Å². The largest absolute Gasteiger partial charge is 0.481 e. The minimum absolute atomic E-state index is 0.0889. The van der Waals surface area contributed by atoms with Gasteiger partial charge in [0.15, 0.2) is 0 Å². The van der Waals surface area contributed by atoms with Gasteiger partial charge in [-0.05, 0) is 64.4 Å². The summed E-state index contributed by atoms with van der Waals surface area (Å²) in [7, 11) is 0. The minimum atomic E-state index is -0.942. The second kappa shape index (κ2) is 15.2. The first-order valence-corrected chi connectivity index (χ1v) is 14.4. The third-order valence-electron chi connectivity index (χ3n) is 7.24. The molecule has 6 heteroatoms. The minimum Gasteiger partial charge on any atom is -0.481 e. The summed E-state index contributed by atoms with van der Waals surface area (Å²) < 4.78 is 6.34. The van der Waals surface area contributed by atoms with Crippen molar-refractivity contribution in [3.8, 4) is 11.1 Å². The Labute approximate surface area is 247 Å². The molecule has 41 heavy (non-hydrogen) atoms. The van der Waals surface area contributed by atoms with Gasteiger partial charge in [0.2, 0.25) is 0 Å². The van der Waals surface area contributed by atoms with Crippen LogP contribution in [-0.2, 0) is 16.1 Å². The third-order valence-corrected chi connectivity index (χ3v) is 7.49. The molecule has 4 aromatic rings. The van der Waals surface area contributed by atoms with E-state index in [0.29, 0.717) is 23.8 Å². The number of hydrogen-bond acceptors (Lipinski definition) is 3. The molecule has 0 aliphatic heterocycles. The number of ether oxygens (including phenoxy) is 1. The number of benzene rings is 4. The van der Waals surface area contributed by atoms with Gasteiger partial charge < -0.3 is 15.2 Å². The predicted octanol–water partition coefficient (Wildman–Crippen LogP) is 8.10. The molecular formula is C35H36ClNO4. The summed E-state index contributed by atoms with van der Waals surface area (Å²) in [6, 6.07) is 34.4. The maximum Gasteiger partial charge on any atom is 0.305 e. The zero-order chi connectivity index (χ0) is 29.0. The highest BCUT2D eigenvalue weighted by Crippen LogP contribution is 2.38. The molecular weight excluding hydrogens is 534 g/mol. The Bertz CT molecular complexity index is 1390. The van der Waals surface area contributed by atoms with Crippen LogP contribution in [0.5, 0.6) is 0 Å². The van der Waals surface area contributed by atoms with Gasteiger partial charge in [-0.25, -0.2) is 0 Å². The smallest absolute Gasteiger partial charge is 0.305 e. The van der Waals surface area contributed by atoms with Crippen molar-refractivity contribution in [1.82, 2.24) is 5.32 Å². The number of rotatable bonds is 14. The molecule has 1 amide bonds. The molecule has 2 N–H and O–H groups in total. The fourth-order valence-electron chi connectivity index (χ4n) is 5.06. The number of carbonyl (C=O) groups is 2. The summed E-state index contributed by atoms with van der Waals surface area (Å²) in [6.07, 6.45) is 1.84. The molecule has 0 bridgehead atoms. The lowest BCUT2D eigenvalue weighted by Crippen LogP contribution is -2.26. The molecule has 212 valence electrons. The molecule has 0 spiro atoms. The summed E-state index contributed by atoms with van der Waals surface area (Å²) >= 11 is 6.21. The van der Waals surface area contributed by atoms with Crippen molar-refractivity contribution in [2.45, 2.75) is 44.6 Å². The normalized spacial score (nSPS) is 12.4. The lowest BCUT2D eigenvalue weighted by Gasteiger charge is -2.28. The zero-order valence-electron chi connectivity index (χ0n) is 23.3. The Hall–Kier alpha value is -3.93. The van der Waals surface area contributed by atoms with Gasteiger partial charge in [-0.15, -0.1) is 0 Å². The summed E-state index contributed by atoms with van der Waals surface area (Å²) in [5.41, 5.74) is 6.27. The predicted molar refractivity (Wildman–Crippen MR) is 164 cm³/mol. The zero-order valence-corrected chi connectivity index (χ0v) is 24.0. The molecule has 0 aliphatic rings. The summed E-state index contributed by atoms with van der Waals surface area (Å²) in [4.78, 5) is 23.2. The van der Waals surface area contributed by atoms with Crippen LogP contribution in [-0.4, -0.2) is 30.1 Å². The van der Waals surface area contributed by atoms with Crippen LogP contribution in [0.1, 0.15) is 65.1 Å². The highest BCUT2D eigenvalue weighted by atomic mass is 35.5. The number of halogens is 1. The second-order valence-electron chi connectivity index (χ2n) is 10.2. The van der Waals surface area contributed by atoms with E-state index < -0.39 is 5.97 Å². The molecule has 5 nitrogen and oxygen atoms in total. The van der Waals surface area contributed by atoms with Crippen LogP contribution in [0.25, 0.3) is 11.1 Å². The molecule has 2 unspecified atom stereocenters.